The Morgan fingerprint density at radius 2 is 1.87 bits per heavy atom. The van der Waals surface area contributed by atoms with Gasteiger partial charge in [-0.2, -0.15) is 0 Å². The van der Waals surface area contributed by atoms with Crippen LogP contribution < -0.4 is 16.0 Å². The van der Waals surface area contributed by atoms with E-state index in [-0.39, 0.29) is 5.91 Å². The third kappa shape index (κ3) is 3.85. The van der Waals surface area contributed by atoms with Crippen LogP contribution in [0.5, 0.6) is 0 Å². The molecule has 1 aromatic carbocycles. The van der Waals surface area contributed by atoms with Crippen LogP contribution in [0.1, 0.15) is 37.7 Å². The minimum atomic E-state index is -0.674. The summed E-state index contributed by atoms with van der Waals surface area (Å²) in [5.41, 5.74) is 7.96. The molecule has 0 aromatic heterocycles. The predicted molar refractivity (Wildman–Crippen MR) is 91.3 cm³/mol. The third-order valence-corrected chi connectivity index (χ3v) is 4.98. The highest BCUT2D eigenvalue weighted by Gasteiger charge is 2.35. The molecule has 1 aliphatic heterocycles. The van der Waals surface area contributed by atoms with Crippen molar-refractivity contribution < 1.29 is 9.53 Å². The van der Waals surface area contributed by atoms with Crippen molar-refractivity contribution in [2.45, 2.75) is 44.2 Å². The smallest absolute Gasteiger partial charge is 0.240 e. The van der Waals surface area contributed by atoms with E-state index in [4.69, 9.17) is 10.5 Å². The fourth-order valence-corrected chi connectivity index (χ4v) is 3.53. The summed E-state index contributed by atoms with van der Waals surface area (Å²) in [5, 5.41) is 3.07. The summed E-state index contributed by atoms with van der Waals surface area (Å²) in [4.78, 5) is 14.8. The van der Waals surface area contributed by atoms with Crippen LogP contribution in [0.25, 0.3) is 0 Å². The highest BCUT2D eigenvalue weighted by molar-refractivity contribution is 5.86. The Bertz CT molecular complexity index is 535. The fraction of sp³-hybridized carbons (Fsp3) is 0.611. The molecule has 126 valence electrons. The van der Waals surface area contributed by atoms with Crippen molar-refractivity contribution in [1.82, 2.24) is 5.32 Å². The van der Waals surface area contributed by atoms with Crippen molar-refractivity contribution in [3.05, 3.63) is 29.8 Å². The number of carbonyl (C=O) groups excluding carboxylic acids is 1. The number of hydrogen-bond acceptors (Lipinski definition) is 4. The molecule has 1 aromatic rings. The summed E-state index contributed by atoms with van der Waals surface area (Å²) in [5.74, 6) is -0.00557. The molecular weight excluding hydrogens is 290 g/mol. The molecular formula is C18H27N3O2. The molecule has 0 bridgehead atoms. The first-order valence-corrected chi connectivity index (χ1v) is 8.67. The summed E-state index contributed by atoms with van der Waals surface area (Å²) in [7, 11) is 0. The zero-order valence-corrected chi connectivity index (χ0v) is 13.7. The lowest BCUT2D eigenvalue weighted by Gasteiger charge is -2.33. The van der Waals surface area contributed by atoms with Crippen molar-refractivity contribution >= 4 is 11.6 Å². The van der Waals surface area contributed by atoms with E-state index < -0.39 is 5.54 Å². The average Bonchev–Trinajstić information content (AvgIpc) is 2.61. The van der Waals surface area contributed by atoms with E-state index in [0.717, 1.165) is 57.6 Å². The number of amides is 1. The number of ether oxygens (including phenoxy) is 1. The summed E-state index contributed by atoms with van der Waals surface area (Å²) < 4.78 is 5.42. The van der Waals surface area contributed by atoms with Gasteiger partial charge in [-0.15, -0.1) is 0 Å². The Hall–Kier alpha value is -1.59. The van der Waals surface area contributed by atoms with Crippen molar-refractivity contribution in [2.75, 3.05) is 31.2 Å². The largest absolute Gasteiger partial charge is 0.378 e. The van der Waals surface area contributed by atoms with Gasteiger partial charge in [-0.25, -0.2) is 0 Å². The highest BCUT2D eigenvalue weighted by atomic mass is 16.5. The Morgan fingerprint density at radius 3 is 2.61 bits per heavy atom. The van der Waals surface area contributed by atoms with Gasteiger partial charge in [0.05, 0.1) is 18.8 Å². The van der Waals surface area contributed by atoms with Gasteiger partial charge >= 0.3 is 0 Å². The maximum absolute atomic E-state index is 12.5. The first kappa shape index (κ1) is 16.3. The lowest BCUT2D eigenvalue weighted by atomic mass is 9.82. The molecule has 5 nitrogen and oxygen atoms in total. The van der Waals surface area contributed by atoms with E-state index in [2.05, 4.69) is 22.3 Å². The number of nitrogens with two attached hydrogens (primary N) is 1. The number of para-hydroxylation sites is 1. The van der Waals surface area contributed by atoms with E-state index in [1.807, 2.05) is 12.1 Å². The van der Waals surface area contributed by atoms with Crippen LogP contribution in [0.3, 0.4) is 0 Å². The van der Waals surface area contributed by atoms with E-state index in [1.54, 1.807) is 0 Å². The van der Waals surface area contributed by atoms with Crippen molar-refractivity contribution in [1.29, 1.82) is 0 Å². The van der Waals surface area contributed by atoms with Crippen LogP contribution in [0.15, 0.2) is 24.3 Å². The first-order valence-electron chi connectivity index (χ1n) is 8.67. The van der Waals surface area contributed by atoms with Gasteiger partial charge in [0.25, 0.3) is 0 Å². The lowest BCUT2D eigenvalue weighted by Crippen LogP contribution is -2.54. The number of benzene rings is 1. The second kappa shape index (κ2) is 7.32. The molecule has 0 atom stereocenters. The van der Waals surface area contributed by atoms with Gasteiger partial charge in [0.2, 0.25) is 5.91 Å². The number of anilines is 1. The van der Waals surface area contributed by atoms with Gasteiger partial charge in [0.1, 0.15) is 0 Å². The standard InChI is InChI=1S/C18H27N3O2/c19-18(8-4-1-5-9-18)17(22)20-14-15-6-2-3-7-16(15)21-10-12-23-13-11-21/h2-3,6-7H,1,4-5,8-14,19H2,(H,20,22). The van der Waals surface area contributed by atoms with Crippen LogP contribution in [0, 0.1) is 0 Å². The van der Waals surface area contributed by atoms with Crippen molar-refractivity contribution in [3.8, 4) is 0 Å². The summed E-state index contributed by atoms with van der Waals surface area (Å²) >= 11 is 0. The lowest BCUT2D eigenvalue weighted by molar-refractivity contribution is -0.127. The van der Waals surface area contributed by atoms with Gasteiger partial charge in [-0.1, -0.05) is 37.5 Å². The summed E-state index contributed by atoms with van der Waals surface area (Å²) in [6.45, 7) is 3.84. The second-order valence-corrected chi connectivity index (χ2v) is 6.63. The van der Waals surface area contributed by atoms with Crippen molar-refractivity contribution in [3.63, 3.8) is 0 Å². The van der Waals surface area contributed by atoms with Crippen LogP contribution in [-0.2, 0) is 16.1 Å². The summed E-state index contributed by atoms with van der Waals surface area (Å²) in [6.07, 6.45) is 4.88. The molecule has 23 heavy (non-hydrogen) atoms. The van der Waals surface area contributed by atoms with Gasteiger partial charge in [-0.05, 0) is 24.5 Å². The van der Waals surface area contributed by atoms with Crippen LogP contribution in [0.2, 0.25) is 0 Å². The zero-order chi connectivity index (χ0) is 16.1. The molecule has 2 aliphatic rings. The normalized spacial score (nSPS) is 21.0. The number of hydrogen-bond donors (Lipinski definition) is 2. The number of nitrogens with zero attached hydrogens (tertiary/aromatic N) is 1. The molecule has 3 rings (SSSR count). The summed E-state index contributed by atoms with van der Waals surface area (Å²) in [6, 6.07) is 8.26. The monoisotopic (exact) mass is 317 g/mol. The topological polar surface area (TPSA) is 67.6 Å². The quantitative estimate of drug-likeness (QED) is 0.888. The maximum Gasteiger partial charge on any atom is 0.240 e. The molecule has 1 heterocycles. The SMILES string of the molecule is NC1(C(=O)NCc2ccccc2N2CCOCC2)CCCCC1. The van der Waals surface area contributed by atoms with Gasteiger partial charge in [0, 0.05) is 25.3 Å². The van der Waals surface area contributed by atoms with Gasteiger partial charge in [0.15, 0.2) is 0 Å². The molecule has 0 spiro atoms. The molecule has 0 radical (unpaired) electrons. The Labute approximate surface area is 138 Å². The van der Waals surface area contributed by atoms with Crippen LogP contribution in [0.4, 0.5) is 5.69 Å². The molecule has 1 aliphatic carbocycles. The highest BCUT2D eigenvalue weighted by Crippen LogP contribution is 2.26. The number of morpholine rings is 1. The van der Waals surface area contributed by atoms with Gasteiger partial charge < -0.3 is 20.7 Å². The third-order valence-electron chi connectivity index (χ3n) is 4.98. The average molecular weight is 317 g/mol. The minimum absolute atomic E-state index is 0.00557. The first-order chi connectivity index (χ1) is 11.2. The fourth-order valence-electron chi connectivity index (χ4n) is 3.53. The maximum atomic E-state index is 12.5. The van der Waals surface area contributed by atoms with E-state index >= 15 is 0 Å². The Kier molecular flexibility index (Phi) is 5.18. The minimum Gasteiger partial charge on any atom is -0.378 e. The second-order valence-electron chi connectivity index (χ2n) is 6.63. The van der Waals surface area contributed by atoms with Crippen LogP contribution >= 0.6 is 0 Å². The molecule has 5 heteroatoms. The van der Waals surface area contributed by atoms with Gasteiger partial charge in [-0.3, -0.25) is 4.79 Å². The molecule has 3 N–H and O–H groups in total. The number of nitrogens with one attached hydrogen (secondary N) is 1. The van der Waals surface area contributed by atoms with Crippen molar-refractivity contribution in [2.24, 2.45) is 5.73 Å². The Balaban J connectivity index is 1.64. The number of rotatable bonds is 4. The number of carbonyl (C=O) groups is 1. The van der Waals surface area contributed by atoms with E-state index in [9.17, 15) is 4.79 Å². The molecule has 1 saturated carbocycles. The Morgan fingerprint density at radius 1 is 1.17 bits per heavy atom. The zero-order valence-electron chi connectivity index (χ0n) is 13.7. The van der Waals surface area contributed by atoms with E-state index in [0.29, 0.717) is 6.54 Å². The molecule has 1 amide bonds. The molecule has 1 saturated heterocycles. The molecule has 0 unspecified atom stereocenters. The van der Waals surface area contributed by atoms with Crippen LogP contribution in [-0.4, -0.2) is 37.7 Å². The molecule has 2 fully saturated rings. The predicted octanol–water partition coefficient (Wildman–Crippen LogP) is 1.80. The van der Waals surface area contributed by atoms with E-state index in [1.165, 1.54) is 12.1 Å².